The van der Waals surface area contributed by atoms with E-state index >= 15 is 0 Å². The maximum Gasteiger partial charge on any atom is 0.258 e. The first-order chi connectivity index (χ1) is 17.0. The van der Waals surface area contributed by atoms with Gasteiger partial charge in [0.2, 0.25) is 5.95 Å². The Hall–Kier alpha value is -3.42. The number of carbonyl (C=O) groups is 1. The SMILES string of the molecule is Cc1c[nH]c2cc(Nc3ncc(CC(=O)C4CCOCC4)c(=O)n3Cc3ccc(Cl)cc3)ccc12. The van der Waals surface area contributed by atoms with E-state index in [0.717, 1.165) is 22.2 Å². The summed E-state index contributed by atoms with van der Waals surface area (Å²) in [5.74, 6) is 0.412. The standard InChI is InChI=1S/C27H27ClN4O3/c1-17-14-29-24-13-22(6-7-23(17)24)31-27-30-15-20(12-25(33)19-8-10-35-11-9-19)26(34)32(27)16-18-2-4-21(28)5-3-18/h2-7,13-15,19,29H,8-12,16H2,1H3,(H,30,31). The molecule has 1 saturated heterocycles. The summed E-state index contributed by atoms with van der Waals surface area (Å²) in [6, 6.07) is 13.3. The van der Waals surface area contributed by atoms with Crippen molar-refractivity contribution in [2.24, 2.45) is 5.92 Å². The van der Waals surface area contributed by atoms with E-state index in [0.29, 0.717) is 49.1 Å². The van der Waals surface area contributed by atoms with Crippen LogP contribution in [-0.4, -0.2) is 33.5 Å². The zero-order valence-corrected chi connectivity index (χ0v) is 20.3. The summed E-state index contributed by atoms with van der Waals surface area (Å²) in [4.78, 5) is 34.3. The molecule has 1 aliphatic rings. The number of ether oxygens (including phenoxy) is 1. The number of ketones is 1. The molecule has 2 N–H and O–H groups in total. The van der Waals surface area contributed by atoms with Gasteiger partial charge in [-0.15, -0.1) is 0 Å². The Balaban J connectivity index is 1.48. The van der Waals surface area contributed by atoms with E-state index < -0.39 is 0 Å². The first kappa shape index (κ1) is 23.3. The zero-order valence-electron chi connectivity index (χ0n) is 19.5. The van der Waals surface area contributed by atoms with Crippen molar-refractivity contribution in [2.45, 2.75) is 32.7 Å². The Morgan fingerprint density at radius 1 is 1.20 bits per heavy atom. The number of nitrogens with one attached hydrogen (secondary N) is 2. The van der Waals surface area contributed by atoms with E-state index in [1.807, 2.05) is 36.5 Å². The first-order valence-electron chi connectivity index (χ1n) is 11.8. The van der Waals surface area contributed by atoms with Crippen molar-refractivity contribution in [1.82, 2.24) is 14.5 Å². The van der Waals surface area contributed by atoms with E-state index in [1.54, 1.807) is 16.7 Å². The average Bonchev–Trinajstić information content (AvgIpc) is 3.24. The number of aryl methyl sites for hydroxylation is 1. The van der Waals surface area contributed by atoms with Crippen molar-refractivity contribution < 1.29 is 9.53 Å². The molecule has 0 aliphatic carbocycles. The zero-order chi connectivity index (χ0) is 24.4. The Kier molecular flexibility index (Phi) is 6.70. The van der Waals surface area contributed by atoms with Gasteiger partial charge in [-0.05, 0) is 55.2 Å². The topological polar surface area (TPSA) is 89.0 Å². The lowest BCUT2D eigenvalue weighted by atomic mass is 9.92. The normalized spacial score (nSPS) is 14.3. The molecule has 35 heavy (non-hydrogen) atoms. The van der Waals surface area contributed by atoms with Crippen LogP contribution in [0.3, 0.4) is 0 Å². The molecule has 0 radical (unpaired) electrons. The fourth-order valence-electron chi connectivity index (χ4n) is 4.50. The minimum absolute atomic E-state index is 0.0679. The second kappa shape index (κ2) is 10.1. The van der Waals surface area contributed by atoms with Gasteiger partial charge >= 0.3 is 0 Å². The lowest BCUT2D eigenvalue weighted by Crippen LogP contribution is -2.31. The lowest BCUT2D eigenvalue weighted by molar-refractivity contribution is -0.125. The number of hydrogen-bond acceptors (Lipinski definition) is 5. The number of carbonyl (C=O) groups excluding carboxylic acids is 1. The average molecular weight is 491 g/mol. The number of nitrogens with zero attached hydrogens (tertiary/aromatic N) is 2. The molecule has 0 amide bonds. The molecular weight excluding hydrogens is 464 g/mol. The Labute approximate surface area is 208 Å². The van der Waals surface area contributed by atoms with Crippen molar-refractivity contribution in [3.8, 4) is 0 Å². The molecule has 7 nitrogen and oxygen atoms in total. The van der Waals surface area contributed by atoms with Crippen molar-refractivity contribution in [1.29, 1.82) is 0 Å². The summed E-state index contributed by atoms with van der Waals surface area (Å²) >= 11 is 6.05. The summed E-state index contributed by atoms with van der Waals surface area (Å²) < 4.78 is 6.95. The van der Waals surface area contributed by atoms with Crippen LogP contribution in [0.15, 0.2) is 59.7 Å². The summed E-state index contributed by atoms with van der Waals surface area (Å²) in [6.07, 6.45) is 4.97. The van der Waals surface area contributed by atoms with Crippen LogP contribution in [0, 0.1) is 12.8 Å². The highest BCUT2D eigenvalue weighted by atomic mass is 35.5. The van der Waals surface area contributed by atoms with Gasteiger partial charge in [-0.25, -0.2) is 4.98 Å². The van der Waals surface area contributed by atoms with Gasteiger partial charge in [0.15, 0.2) is 0 Å². The summed E-state index contributed by atoms with van der Waals surface area (Å²) in [6.45, 7) is 3.53. The number of aromatic nitrogens is 3. The van der Waals surface area contributed by atoms with Gasteiger partial charge in [0.25, 0.3) is 5.56 Å². The third kappa shape index (κ3) is 5.16. The molecule has 3 heterocycles. The third-order valence-electron chi connectivity index (χ3n) is 6.56. The Morgan fingerprint density at radius 3 is 2.74 bits per heavy atom. The number of Topliss-reactive ketones (excluding diaryl/α,β-unsaturated/α-hetero) is 1. The molecule has 1 fully saturated rings. The first-order valence-corrected chi connectivity index (χ1v) is 12.1. The summed E-state index contributed by atoms with van der Waals surface area (Å²) in [5, 5.41) is 5.06. The molecule has 2 aromatic heterocycles. The molecule has 4 aromatic rings. The van der Waals surface area contributed by atoms with E-state index in [4.69, 9.17) is 16.3 Å². The maximum absolute atomic E-state index is 13.6. The van der Waals surface area contributed by atoms with E-state index in [-0.39, 0.29) is 23.7 Å². The molecule has 0 saturated carbocycles. The smallest absolute Gasteiger partial charge is 0.258 e. The number of rotatable bonds is 7. The Bertz CT molecular complexity index is 1420. The van der Waals surface area contributed by atoms with Crippen molar-refractivity contribution in [3.05, 3.63) is 86.9 Å². The van der Waals surface area contributed by atoms with E-state index in [2.05, 4.69) is 22.2 Å². The van der Waals surface area contributed by atoms with Crippen LogP contribution in [-0.2, 0) is 22.5 Å². The van der Waals surface area contributed by atoms with Gasteiger partial charge in [-0.3, -0.25) is 14.2 Å². The predicted molar refractivity (Wildman–Crippen MR) is 138 cm³/mol. The van der Waals surface area contributed by atoms with Crippen LogP contribution < -0.4 is 10.9 Å². The maximum atomic E-state index is 13.6. The molecule has 180 valence electrons. The minimum atomic E-state index is -0.227. The van der Waals surface area contributed by atoms with Crippen LogP contribution in [0.5, 0.6) is 0 Å². The number of H-pyrrole nitrogens is 1. The minimum Gasteiger partial charge on any atom is -0.381 e. The number of aromatic amines is 1. The second-order valence-electron chi connectivity index (χ2n) is 9.01. The van der Waals surface area contributed by atoms with Gasteiger partial charge in [-0.1, -0.05) is 29.8 Å². The third-order valence-corrected chi connectivity index (χ3v) is 6.81. The highest BCUT2D eigenvalue weighted by Crippen LogP contribution is 2.24. The van der Waals surface area contributed by atoms with Gasteiger partial charge < -0.3 is 15.0 Å². The molecule has 0 atom stereocenters. The molecule has 2 aromatic carbocycles. The van der Waals surface area contributed by atoms with Gasteiger partial charge in [0.05, 0.1) is 6.54 Å². The van der Waals surface area contributed by atoms with E-state index in [9.17, 15) is 9.59 Å². The molecule has 8 heteroatoms. The van der Waals surface area contributed by atoms with Crippen molar-refractivity contribution >= 4 is 39.9 Å². The number of anilines is 2. The monoisotopic (exact) mass is 490 g/mol. The summed E-state index contributed by atoms with van der Waals surface area (Å²) in [5.41, 5.74) is 4.05. The Morgan fingerprint density at radius 2 is 1.97 bits per heavy atom. The van der Waals surface area contributed by atoms with Crippen molar-refractivity contribution in [3.63, 3.8) is 0 Å². The lowest BCUT2D eigenvalue weighted by Gasteiger charge is -2.21. The quantitative estimate of drug-likeness (QED) is 0.380. The van der Waals surface area contributed by atoms with Gasteiger partial charge in [-0.2, -0.15) is 0 Å². The van der Waals surface area contributed by atoms with Crippen LogP contribution in [0.25, 0.3) is 10.9 Å². The fraction of sp³-hybridized carbons (Fsp3) is 0.296. The van der Waals surface area contributed by atoms with E-state index in [1.165, 1.54) is 11.8 Å². The molecule has 0 bridgehead atoms. The second-order valence-corrected chi connectivity index (χ2v) is 9.45. The molecule has 1 aliphatic heterocycles. The van der Waals surface area contributed by atoms with Crippen LogP contribution >= 0.6 is 11.6 Å². The largest absolute Gasteiger partial charge is 0.381 e. The predicted octanol–water partition coefficient (Wildman–Crippen LogP) is 5.02. The van der Waals surface area contributed by atoms with Gasteiger partial charge in [0, 0.05) is 65.1 Å². The van der Waals surface area contributed by atoms with Crippen molar-refractivity contribution in [2.75, 3.05) is 18.5 Å². The fourth-order valence-corrected chi connectivity index (χ4v) is 4.63. The number of fused-ring (bicyclic) bond motifs is 1. The molecule has 0 unspecified atom stereocenters. The van der Waals surface area contributed by atoms with Gasteiger partial charge in [0.1, 0.15) is 5.78 Å². The van der Waals surface area contributed by atoms with Crippen LogP contribution in [0.4, 0.5) is 11.6 Å². The number of hydrogen-bond donors (Lipinski definition) is 2. The van der Waals surface area contributed by atoms with Crippen LogP contribution in [0.1, 0.15) is 29.5 Å². The summed E-state index contributed by atoms with van der Waals surface area (Å²) in [7, 11) is 0. The molecule has 0 spiro atoms. The van der Waals surface area contributed by atoms with Crippen LogP contribution in [0.2, 0.25) is 5.02 Å². The highest BCUT2D eigenvalue weighted by Gasteiger charge is 2.23. The molecular formula is C27H27ClN4O3. The number of halogens is 1. The number of benzene rings is 2. The molecule has 5 rings (SSSR count). The highest BCUT2D eigenvalue weighted by molar-refractivity contribution is 6.30.